The van der Waals surface area contributed by atoms with Crippen LogP contribution >= 0.6 is 0 Å². The molecule has 0 fully saturated rings. The van der Waals surface area contributed by atoms with Crippen LogP contribution in [0, 0.1) is 0 Å². The van der Waals surface area contributed by atoms with Gasteiger partial charge in [0.2, 0.25) is 0 Å². The molecule has 0 unspecified atom stereocenters. The number of rotatable bonds is 4. The van der Waals surface area contributed by atoms with Gasteiger partial charge in [0.05, 0.1) is 0 Å². The van der Waals surface area contributed by atoms with Gasteiger partial charge in [-0.3, -0.25) is 0 Å². The molecule has 0 saturated heterocycles. The number of hydrogen-bond donors (Lipinski definition) is 1. The number of aromatic nitrogens is 1. The fourth-order valence-corrected chi connectivity index (χ4v) is 2.35. The molecule has 1 aliphatic rings. The Hall–Kier alpha value is -1.58. The van der Waals surface area contributed by atoms with Gasteiger partial charge in [-0.1, -0.05) is 6.92 Å². The summed E-state index contributed by atoms with van der Waals surface area (Å²) in [6.45, 7) is 2.90. The average molecular weight is 234 g/mol. The van der Waals surface area contributed by atoms with Crippen LogP contribution in [0.25, 0.3) is 0 Å². The van der Waals surface area contributed by atoms with Gasteiger partial charge in [0.1, 0.15) is 11.4 Å². The number of fused-ring (bicyclic) bond motifs is 1. The summed E-state index contributed by atoms with van der Waals surface area (Å²) in [5.74, 6) is -0.273. The van der Waals surface area contributed by atoms with Gasteiger partial charge in [-0.05, 0) is 37.3 Å². The van der Waals surface area contributed by atoms with E-state index in [1.807, 2.05) is 11.9 Å². The molecule has 0 spiro atoms. The molecule has 0 atom stereocenters. The van der Waals surface area contributed by atoms with Gasteiger partial charge in [0, 0.05) is 19.3 Å². The molecular weight excluding hydrogens is 216 g/mol. The van der Waals surface area contributed by atoms with Crippen LogP contribution in [-0.2, 0) is 12.8 Å². The van der Waals surface area contributed by atoms with Gasteiger partial charge in [0.15, 0.2) is 0 Å². The molecule has 92 valence electrons. The van der Waals surface area contributed by atoms with Crippen LogP contribution in [0.5, 0.6) is 0 Å². The summed E-state index contributed by atoms with van der Waals surface area (Å²) in [6, 6.07) is 1.80. The number of carbonyl (C=O) groups is 1. The number of carboxylic acids is 1. The molecule has 0 saturated carbocycles. The van der Waals surface area contributed by atoms with Crippen molar-refractivity contribution in [3.8, 4) is 0 Å². The number of aromatic carboxylic acids is 1. The first kappa shape index (κ1) is 11.9. The van der Waals surface area contributed by atoms with Crippen molar-refractivity contribution in [1.29, 1.82) is 0 Å². The van der Waals surface area contributed by atoms with Gasteiger partial charge in [0.25, 0.3) is 0 Å². The van der Waals surface area contributed by atoms with Crippen LogP contribution in [0.1, 0.15) is 41.4 Å². The number of aryl methyl sites for hydroxylation is 2. The average Bonchev–Trinajstić information content (AvgIpc) is 2.74. The van der Waals surface area contributed by atoms with E-state index in [1.165, 1.54) is 0 Å². The van der Waals surface area contributed by atoms with Gasteiger partial charge in [-0.2, -0.15) is 0 Å². The standard InChI is InChI=1S/C13H18N2O2/c1-3-7-15(2)12-10(13(16)17)8-9-5-4-6-11(9)14-12/h8H,3-7H2,1-2H3,(H,16,17). The van der Waals surface area contributed by atoms with Crippen molar-refractivity contribution in [3.05, 3.63) is 22.9 Å². The maximum absolute atomic E-state index is 11.3. The van der Waals surface area contributed by atoms with Crippen molar-refractivity contribution in [1.82, 2.24) is 4.98 Å². The zero-order valence-electron chi connectivity index (χ0n) is 10.4. The van der Waals surface area contributed by atoms with E-state index in [1.54, 1.807) is 6.07 Å². The largest absolute Gasteiger partial charge is 0.478 e. The molecule has 0 aromatic carbocycles. The van der Waals surface area contributed by atoms with E-state index >= 15 is 0 Å². The summed E-state index contributed by atoms with van der Waals surface area (Å²) in [6.07, 6.45) is 4.00. The van der Waals surface area contributed by atoms with E-state index in [0.717, 1.165) is 43.5 Å². The molecule has 4 heteroatoms. The molecule has 1 aromatic rings. The number of hydrogen-bond acceptors (Lipinski definition) is 3. The lowest BCUT2D eigenvalue weighted by Gasteiger charge is -2.20. The number of anilines is 1. The van der Waals surface area contributed by atoms with E-state index in [-0.39, 0.29) is 0 Å². The Morgan fingerprint density at radius 1 is 1.53 bits per heavy atom. The van der Waals surface area contributed by atoms with E-state index in [2.05, 4.69) is 11.9 Å². The molecule has 0 bridgehead atoms. The highest BCUT2D eigenvalue weighted by molar-refractivity contribution is 5.93. The summed E-state index contributed by atoms with van der Waals surface area (Å²) < 4.78 is 0. The molecule has 1 heterocycles. The predicted octanol–water partition coefficient (Wildman–Crippen LogP) is 2.11. The predicted molar refractivity (Wildman–Crippen MR) is 66.8 cm³/mol. The first-order chi connectivity index (χ1) is 8.13. The Kier molecular flexibility index (Phi) is 3.31. The first-order valence-corrected chi connectivity index (χ1v) is 6.10. The number of pyridine rings is 1. The fraction of sp³-hybridized carbons (Fsp3) is 0.538. The quantitative estimate of drug-likeness (QED) is 0.867. The van der Waals surface area contributed by atoms with Crippen molar-refractivity contribution in [2.75, 3.05) is 18.5 Å². The van der Waals surface area contributed by atoms with Gasteiger partial charge in [-0.15, -0.1) is 0 Å². The Morgan fingerprint density at radius 3 is 2.94 bits per heavy atom. The van der Waals surface area contributed by atoms with Gasteiger partial charge in [-0.25, -0.2) is 9.78 Å². The molecule has 0 radical (unpaired) electrons. The lowest BCUT2D eigenvalue weighted by Crippen LogP contribution is -2.22. The van der Waals surface area contributed by atoms with Crippen molar-refractivity contribution < 1.29 is 9.90 Å². The normalized spacial score (nSPS) is 13.5. The van der Waals surface area contributed by atoms with Crippen LogP contribution in [0.15, 0.2) is 6.07 Å². The topological polar surface area (TPSA) is 53.4 Å². The second-order valence-corrected chi connectivity index (χ2v) is 4.55. The Morgan fingerprint density at radius 2 is 2.29 bits per heavy atom. The van der Waals surface area contributed by atoms with E-state index < -0.39 is 5.97 Å². The van der Waals surface area contributed by atoms with Crippen molar-refractivity contribution in [2.45, 2.75) is 32.6 Å². The lowest BCUT2D eigenvalue weighted by atomic mass is 10.1. The fourth-order valence-electron chi connectivity index (χ4n) is 2.35. The summed E-state index contributed by atoms with van der Waals surface area (Å²) in [4.78, 5) is 17.7. The third kappa shape index (κ3) is 2.25. The molecule has 1 aliphatic carbocycles. The number of carboxylic acid groups (broad SMARTS) is 1. The molecule has 2 rings (SSSR count). The molecule has 1 aromatic heterocycles. The highest BCUT2D eigenvalue weighted by atomic mass is 16.4. The van der Waals surface area contributed by atoms with E-state index in [9.17, 15) is 9.90 Å². The lowest BCUT2D eigenvalue weighted by molar-refractivity contribution is 0.0697. The second kappa shape index (κ2) is 4.73. The third-order valence-electron chi connectivity index (χ3n) is 3.18. The maximum Gasteiger partial charge on any atom is 0.339 e. The Bertz CT molecular complexity index is 443. The molecule has 17 heavy (non-hydrogen) atoms. The number of nitrogens with zero attached hydrogens (tertiary/aromatic N) is 2. The van der Waals surface area contributed by atoms with Crippen LogP contribution in [0.2, 0.25) is 0 Å². The van der Waals surface area contributed by atoms with Crippen molar-refractivity contribution in [3.63, 3.8) is 0 Å². The SMILES string of the molecule is CCCN(C)c1nc2c(cc1C(=O)O)CCC2. The van der Waals surface area contributed by atoms with E-state index in [4.69, 9.17) is 0 Å². The van der Waals surface area contributed by atoms with Crippen molar-refractivity contribution >= 4 is 11.8 Å². The summed E-state index contributed by atoms with van der Waals surface area (Å²) in [5, 5.41) is 9.25. The maximum atomic E-state index is 11.3. The summed E-state index contributed by atoms with van der Waals surface area (Å²) >= 11 is 0. The van der Waals surface area contributed by atoms with Gasteiger partial charge >= 0.3 is 5.97 Å². The van der Waals surface area contributed by atoms with Crippen LogP contribution < -0.4 is 4.90 Å². The molecular formula is C13H18N2O2. The molecule has 0 amide bonds. The molecule has 1 N–H and O–H groups in total. The van der Waals surface area contributed by atoms with Gasteiger partial charge < -0.3 is 10.0 Å². The highest BCUT2D eigenvalue weighted by Crippen LogP contribution is 2.27. The Labute approximate surface area is 101 Å². The minimum atomic E-state index is -0.884. The first-order valence-electron chi connectivity index (χ1n) is 6.10. The van der Waals surface area contributed by atoms with Crippen LogP contribution in [-0.4, -0.2) is 29.7 Å². The van der Waals surface area contributed by atoms with Crippen LogP contribution in [0.3, 0.4) is 0 Å². The zero-order valence-corrected chi connectivity index (χ0v) is 10.4. The minimum Gasteiger partial charge on any atom is -0.478 e. The summed E-state index contributed by atoms with van der Waals surface area (Å²) in [7, 11) is 1.90. The zero-order chi connectivity index (χ0) is 12.4. The minimum absolute atomic E-state index is 0.335. The summed E-state index contributed by atoms with van der Waals surface area (Å²) in [5.41, 5.74) is 2.52. The monoisotopic (exact) mass is 234 g/mol. The smallest absolute Gasteiger partial charge is 0.339 e. The third-order valence-corrected chi connectivity index (χ3v) is 3.18. The van der Waals surface area contributed by atoms with Crippen molar-refractivity contribution in [2.24, 2.45) is 0 Å². The van der Waals surface area contributed by atoms with Crippen LogP contribution in [0.4, 0.5) is 5.82 Å². The molecule has 4 nitrogen and oxygen atoms in total. The van der Waals surface area contributed by atoms with E-state index in [0.29, 0.717) is 11.4 Å². The Balaban J connectivity index is 2.45. The molecule has 0 aliphatic heterocycles. The highest BCUT2D eigenvalue weighted by Gasteiger charge is 2.21. The second-order valence-electron chi connectivity index (χ2n) is 4.55.